The Morgan fingerprint density at radius 2 is 1.69 bits per heavy atom. The fraction of sp³-hybridized carbons (Fsp3) is 0.750. The Kier molecular flexibility index (Phi) is 3.45. The molecule has 0 aliphatic carbocycles. The normalized spacial score (nSPS) is 15.5. The summed E-state index contributed by atoms with van der Waals surface area (Å²) in [6.07, 6.45) is -10.2. The number of rotatable bonds is 3. The highest BCUT2D eigenvalue weighted by Gasteiger charge is 2.50. The standard InChI is InChI=1S/C4H2ClF5O3/c5-1(3(6,7)8)13-4(9,10)2(11)12/h1H,(H,11,12). The monoisotopic (exact) mass is 228 g/mol. The lowest BCUT2D eigenvalue weighted by Crippen LogP contribution is -2.39. The van der Waals surface area contributed by atoms with Crippen molar-refractivity contribution in [1.82, 2.24) is 0 Å². The fourth-order valence-electron chi connectivity index (χ4n) is 0.247. The van der Waals surface area contributed by atoms with Crippen LogP contribution in [0, 0.1) is 0 Å². The maximum Gasteiger partial charge on any atom is 0.457 e. The van der Waals surface area contributed by atoms with E-state index in [2.05, 4.69) is 16.3 Å². The van der Waals surface area contributed by atoms with Gasteiger partial charge in [-0.15, -0.1) is 0 Å². The number of aliphatic carboxylic acids is 1. The zero-order chi connectivity index (χ0) is 10.9. The lowest BCUT2D eigenvalue weighted by Gasteiger charge is -2.18. The van der Waals surface area contributed by atoms with Crippen molar-refractivity contribution in [2.75, 3.05) is 0 Å². The van der Waals surface area contributed by atoms with Crippen molar-refractivity contribution in [2.45, 2.75) is 17.8 Å². The number of carboxylic acids is 1. The van der Waals surface area contributed by atoms with Crippen LogP contribution in [0.4, 0.5) is 22.0 Å². The van der Waals surface area contributed by atoms with Gasteiger partial charge < -0.3 is 5.11 Å². The van der Waals surface area contributed by atoms with Gasteiger partial charge in [-0.1, -0.05) is 11.6 Å². The summed E-state index contributed by atoms with van der Waals surface area (Å²) in [7, 11) is 0. The first-order valence-electron chi connectivity index (χ1n) is 2.57. The Balaban J connectivity index is 4.37. The average Bonchev–Trinajstić information content (AvgIpc) is 1.83. The van der Waals surface area contributed by atoms with Crippen LogP contribution >= 0.6 is 11.6 Å². The third-order valence-electron chi connectivity index (χ3n) is 0.758. The molecule has 1 atom stereocenters. The molecule has 1 N–H and O–H groups in total. The summed E-state index contributed by atoms with van der Waals surface area (Å²) in [5.74, 6) is -2.84. The maximum absolute atomic E-state index is 11.9. The molecule has 0 aliphatic rings. The Bertz CT molecular complexity index is 202. The van der Waals surface area contributed by atoms with E-state index in [0.717, 1.165) is 0 Å². The highest BCUT2D eigenvalue weighted by molar-refractivity contribution is 6.20. The molecule has 78 valence electrons. The first kappa shape index (κ1) is 12.4. The van der Waals surface area contributed by atoms with Crippen molar-refractivity contribution >= 4 is 17.6 Å². The van der Waals surface area contributed by atoms with Crippen LogP contribution in [-0.2, 0) is 9.53 Å². The third-order valence-corrected chi connectivity index (χ3v) is 1.09. The van der Waals surface area contributed by atoms with Gasteiger partial charge in [0.25, 0.3) is 0 Å². The Morgan fingerprint density at radius 1 is 1.31 bits per heavy atom. The van der Waals surface area contributed by atoms with Crippen molar-refractivity contribution < 1.29 is 36.6 Å². The molecule has 0 saturated carbocycles. The summed E-state index contributed by atoms with van der Waals surface area (Å²) in [5.41, 5.74) is -3.36. The van der Waals surface area contributed by atoms with Crippen molar-refractivity contribution in [1.29, 1.82) is 0 Å². The summed E-state index contributed by atoms with van der Waals surface area (Å²) in [6.45, 7) is 0. The van der Waals surface area contributed by atoms with Crippen LogP contribution in [0.1, 0.15) is 0 Å². The van der Waals surface area contributed by atoms with E-state index in [1.54, 1.807) is 0 Å². The van der Waals surface area contributed by atoms with Crippen LogP contribution < -0.4 is 0 Å². The Morgan fingerprint density at radius 3 is 1.92 bits per heavy atom. The van der Waals surface area contributed by atoms with Crippen molar-refractivity contribution in [3.05, 3.63) is 0 Å². The lowest BCUT2D eigenvalue weighted by molar-refractivity contribution is -0.296. The van der Waals surface area contributed by atoms with Crippen LogP contribution in [0.3, 0.4) is 0 Å². The second kappa shape index (κ2) is 3.62. The minimum atomic E-state index is -5.25. The van der Waals surface area contributed by atoms with Crippen LogP contribution in [0.15, 0.2) is 0 Å². The van der Waals surface area contributed by atoms with Gasteiger partial charge in [-0.2, -0.15) is 22.0 Å². The number of hydrogen-bond acceptors (Lipinski definition) is 2. The van der Waals surface area contributed by atoms with Gasteiger partial charge >= 0.3 is 18.3 Å². The average molecular weight is 228 g/mol. The Hall–Kier alpha value is -0.630. The van der Waals surface area contributed by atoms with Crippen molar-refractivity contribution in [3.8, 4) is 0 Å². The molecule has 0 heterocycles. The van der Waals surface area contributed by atoms with Gasteiger partial charge in [0.05, 0.1) is 0 Å². The molecular formula is C4H2ClF5O3. The van der Waals surface area contributed by atoms with E-state index >= 15 is 0 Å². The van der Waals surface area contributed by atoms with Gasteiger partial charge in [-0.25, -0.2) is 4.79 Å². The maximum atomic E-state index is 11.9. The highest BCUT2D eigenvalue weighted by Crippen LogP contribution is 2.30. The molecule has 0 fully saturated rings. The molecule has 0 saturated heterocycles. The number of carboxylic acid groups (broad SMARTS) is 1. The van der Waals surface area contributed by atoms with E-state index in [0.29, 0.717) is 0 Å². The molecule has 0 radical (unpaired) electrons. The number of ether oxygens (including phenoxy) is 1. The topological polar surface area (TPSA) is 46.5 Å². The van der Waals surface area contributed by atoms with E-state index in [4.69, 9.17) is 5.11 Å². The third kappa shape index (κ3) is 3.73. The predicted octanol–water partition coefficient (Wildman–Crippen LogP) is 1.81. The second-order valence-corrected chi connectivity index (χ2v) is 2.19. The van der Waals surface area contributed by atoms with Crippen LogP contribution in [0.5, 0.6) is 0 Å². The highest BCUT2D eigenvalue weighted by atomic mass is 35.5. The summed E-state index contributed by atoms with van der Waals surface area (Å²) >= 11 is 4.29. The number of carbonyl (C=O) groups is 1. The molecular weight excluding hydrogens is 226 g/mol. The SMILES string of the molecule is O=C(O)C(F)(F)OC(Cl)C(F)(F)F. The first-order chi connectivity index (χ1) is 5.57. The smallest absolute Gasteiger partial charge is 0.457 e. The lowest BCUT2D eigenvalue weighted by atomic mass is 10.6. The van der Waals surface area contributed by atoms with Crippen molar-refractivity contribution in [3.63, 3.8) is 0 Å². The molecule has 9 heteroatoms. The molecule has 1 unspecified atom stereocenters. The van der Waals surface area contributed by atoms with Crippen LogP contribution in [-0.4, -0.2) is 28.9 Å². The minimum absolute atomic E-state index is 2.77. The van der Waals surface area contributed by atoms with Gasteiger partial charge in [-0.3, -0.25) is 4.74 Å². The zero-order valence-corrected chi connectivity index (χ0v) is 6.36. The van der Waals surface area contributed by atoms with E-state index in [1.807, 2.05) is 0 Å². The van der Waals surface area contributed by atoms with Gasteiger partial charge in [-0.05, 0) is 0 Å². The van der Waals surface area contributed by atoms with Gasteiger partial charge in [0.2, 0.25) is 5.56 Å². The molecule has 0 spiro atoms. The second-order valence-electron chi connectivity index (χ2n) is 1.80. The summed E-state index contributed by atoms with van der Waals surface area (Å²) in [4.78, 5) is 9.58. The van der Waals surface area contributed by atoms with Crippen LogP contribution in [0.2, 0.25) is 0 Å². The number of halogens is 6. The van der Waals surface area contributed by atoms with E-state index in [9.17, 15) is 26.7 Å². The molecule has 0 aromatic carbocycles. The van der Waals surface area contributed by atoms with Crippen LogP contribution in [0.25, 0.3) is 0 Å². The van der Waals surface area contributed by atoms with E-state index < -0.39 is 23.8 Å². The summed E-state index contributed by atoms with van der Waals surface area (Å²) < 4.78 is 61.0. The molecule has 0 aliphatic heterocycles. The quantitative estimate of drug-likeness (QED) is 0.592. The largest absolute Gasteiger partial charge is 0.475 e. The first-order valence-corrected chi connectivity index (χ1v) is 3.01. The number of alkyl halides is 6. The Labute approximate surface area is 73.0 Å². The minimum Gasteiger partial charge on any atom is -0.475 e. The zero-order valence-electron chi connectivity index (χ0n) is 5.61. The van der Waals surface area contributed by atoms with E-state index in [1.165, 1.54) is 0 Å². The molecule has 3 nitrogen and oxygen atoms in total. The summed E-state index contributed by atoms with van der Waals surface area (Å²) in [6, 6.07) is 0. The van der Waals surface area contributed by atoms with Crippen molar-refractivity contribution in [2.24, 2.45) is 0 Å². The molecule has 0 aromatic heterocycles. The molecule has 0 bridgehead atoms. The predicted molar refractivity (Wildman–Crippen MR) is 29.4 cm³/mol. The molecule has 13 heavy (non-hydrogen) atoms. The summed E-state index contributed by atoms with van der Waals surface area (Å²) in [5, 5.41) is 7.65. The molecule has 0 aromatic rings. The van der Waals surface area contributed by atoms with Gasteiger partial charge in [0.15, 0.2) is 0 Å². The van der Waals surface area contributed by atoms with E-state index in [-0.39, 0.29) is 0 Å². The van der Waals surface area contributed by atoms with Gasteiger partial charge in [0, 0.05) is 0 Å². The molecule has 0 rings (SSSR count). The van der Waals surface area contributed by atoms with Gasteiger partial charge in [0.1, 0.15) is 0 Å². The number of hydrogen-bond donors (Lipinski definition) is 1. The molecule has 0 amide bonds. The fourth-order valence-corrected chi connectivity index (χ4v) is 0.359.